The monoisotopic (exact) mass is 302 g/mol. The molecule has 2 rings (SSSR count). The highest BCUT2D eigenvalue weighted by molar-refractivity contribution is 8.00. The SMILES string of the molecule is COC(=O)C1CCN(C(=O)N2C(C)SCC2C(=O)O)C1. The van der Waals surface area contributed by atoms with Crippen molar-refractivity contribution in [3.8, 4) is 0 Å². The largest absolute Gasteiger partial charge is 0.480 e. The number of esters is 1. The Morgan fingerprint density at radius 1 is 1.35 bits per heavy atom. The predicted molar refractivity (Wildman–Crippen MR) is 72.3 cm³/mol. The van der Waals surface area contributed by atoms with Crippen molar-refractivity contribution >= 4 is 29.7 Å². The predicted octanol–water partition coefficient (Wildman–Crippen LogP) is 0.449. The lowest BCUT2D eigenvalue weighted by atomic mass is 10.1. The summed E-state index contributed by atoms with van der Waals surface area (Å²) in [6, 6.07) is -1.10. The molecule has 0 aliphatic carbocycles. The number of hydrogen-bond acceptors (Lipinski definition) is 5. The third-order valence-corrected chi connectivity index (χ3v) is 4.94. The second-order valence-electron chi connectivity index (χ2n) is 4.93. The number of aliphatic carboxylic acids is 1. The highest BCUT2D eigenvalue weighted by Crippen LogP contribution is 2.31. The molecular formula is C12H18N2O5S. The number of carboxylic acid groups (broad SMARTS) is 1. The van der Waals surface area contributed by atoms with Gasteiger partial charge in [-0.05, 0) is 13.3 Å². The number of urea groups is 1. The summed E-state index contributed by atoms with van der Waals surface area (Å²) in [6.07, 6.45) is 0.561. The summed E-state index contributed by atoms with van der Waals surface area (Å²) in [5.41, 5.74) is 0. The van der Waals surface area contributed by atoms with Crippen LogP contribution in [0.15, 0.2) is 0 Å². The Kier molecular flexibility index (Phi) is 4.42. The van der Waals surface area contributed by atoms with Crippen molar-refractivity contribution in [2.45, 2.75) is 24.8 Å². The lowest BCUT2D eigenvalue weighted by molar-refractivity contribution is -0.145. The number of carbonyl (C=O) groups is 3. The third kappa shape index (κ3) is 2.70. The van der Waals surface area contributed by atoms with Crippen LogP contribution in [0.5, 0.6) is 0 Å². The minimum Gasteiger partial charge on any atom is -0.480 e. The highest BCUT2D eigenvalue weighted by atomic mass is 32.2. The van der Waals surface area contributed by atoms with E-state index in [4.69, 9.17) is 0 Å². The fourth-order valence-corrected chi connectivity index (χ4v) is 3.74. The van der Waals surface area contributed by atoms with E-state index in [9.17, 15) is 19.5 Å². The number of rotatable bonds is 2. The molecule has 0 bridgehead atoms. The summed E-state index contributed by atoms with van der Waals surface area (Å²) in [5.74, 6) is -1.22. The highest BCUT2D eigenvalue weighted by Gasteiger charge is 2.43. The molecule has 1 N–H and O–H groups in total. The topological polar surface area (TPSA) is 87.2 Å². The van der Waals surface area contributed by atoms with Crippen molar-refractivity contribution in [3.05, 3.63) is 0 Å². The minimum atomic E-state index is -0.987. The zero-order valence-electron chi connectivity index (χ0n) is 11.4. The van der Waals surface area contributed by atoms with Gasteiger partial charge in [0.15, 0.2) is 0 Å². The van der Waals surface area contributed by atoms with Gasteiger partial charge in [-0.3, -0.25) is 9.69 Å². The van der Waals surface area contributed by atoms with E-state index in [-0.39, 0.29) is 23.3 Å². The summed E-state index contributed by atoms with van der Waals surface area (Å²) >= 11 is 1.45. The van der Waals surface area contributed by atoms with E-state index >= 15 is 0 Å². The normalized spacial score (nSPS) is 29.6. The van der Waals surface area contributed by atoms with Crippen molar-refractivity contribution in [1.29, 1.82) is 0 Å². The molecule has 0 spiro atoms. The second kappa shape index (κ2) is 5.90. The molecule has 0 aromatic carbocycles. The van der Waals surface area contributed by atoms with E-state index in [1.807, 2.05) is 6.92 Å². The van der Waals surface area contributed by atoms with Gasteiger partial charge in [0.05, 0.1) is 18.4 Å². The number of amides is 2. The number of hydrogen-bond donors (Lipinski definition) is 1. The molecule has 112 valence electrons. The van der Waals surface area contributed by atoms with Gasteiger partial charge < -0.3 is 14.7 Å². The Labute approximate surface area is 121 Å². The molecule has 20 heavy (non-hydrogen) atoms. The Morgan fingerprint density at radius 2 is 2.05 bits per heavy atom. The second-order valence-corrected chi connectivity index (χ2v) is 6.28. The van der Waals surface area contributed by atoms with Crippen LogP contribution in [-0.2, 0) is 14.3 Å². The molecule has 2 saturated heterocycles. The molecule has 3 unspecified atom stereocenters. The first-order valence-corrected chi connectivity index (χ1v) is 7.50. The molecule has 0 aromatic heterocycles. The van der Waals surface area contributed by atoms with E-state index in [0.29, 0.717) is 25.3 Å². The molecule has 2 aliphatic heterocycles. The van der Waals surface area contributed by atoms with Gasteiger partial charge >= 0.3 is 18.0 Å². The number of nitrogens with zero attached hydrogens (tertiary/aromatic N) is 2. The Bertz CT molecular complexity index is 430. The summed E-state index contributed by atoms with van der Waals surface area (Å²) < 4.78 is 4.68. The van der Waals surface area contributed by atoms with Gasteiger partial charge in [-0.25, -0.2) is 9.59 Å². The number of methoxy groups -OCH3 is 1. The van der Waals surface area contributed by atoms with E-state index in [1.165, 1.54) is 23.8 Å². The first-order valence-electron chi connectivity index (χ1n) is 6.45. The van der Waals surface area contributed by atoms with Crippen LogP contribution in [0.25, 0.3) is 0 Å². The lowest BCUT2D eigenvalue weighted by Crippen LogP contribution is -2.50. The number of carbonyl (C=O) groups excluding carboxylic acids is 2. The molecule has 0 radical (unpaired) electrons. The van der Waals surface area contributed by atoms with E-state index < -0.39 is 12.0 Å². The average Bonchev–Trinajstić information content (AvgIpc) is 3.03. The van der Waals surface area contributed by atoms with E-state index in [2.05, 4.69) is 4.74 Å². The number of thioether (sulfide) groups is 1. The van der Waals surface area contributed by atoms with Gasteiger partial charge in [0.2, 0.25) is 0 Å². The van der Waals surface area contributed by atoms with Gasteiger partial charge in [-0.15, -0.1) is 11.8 Å². The summed E-state index contributed by atoms with van der Waals surface area (Å²) in [5, 5.41) is 9.01. The van der Waals surface area contributed by atoms with Gasteiger partial charge in [0.1, 0.15) is 6.04 Å². The lowest BCUT2D eigenvalue weighted by Gasteiger charge is -2.29. The number of ether oxygens (including phenoxy) is 1. The summed E-state index contributed by atoms with van der Waals surface area (Å²) in [6.45, 7) is 2.57. The van der Waals surface area contributed by atoms with E-state index in [1.54, 1.807) is 4.90 Å². The quantitative estimate of drug-likeness (QED) is 0.745. The van der Waals surface area contributed by atoms with Crippen LogP contribution < -0.4 is 0 Å². The molecule has 0 saturated carbocycles. The maximum atomic E-state index is 12.5. The van der Waals surface area contributed by atoms with Crippen molar-refractivity contribution in [2.75, 3.05) is 26.0 Å². The molecule has 2 aliphatic rings. The summed E-state index contributed by atoms with van der Waals surface area (Å²) in [7, 11) is 1.33. The van der Waals surface area contributed by atoms with Gasteiger partial charge in [-0.2, -0.15) is 0 Å². The fourth-order valence-electron chi connectivity index (χ4n) is 2.58. The zero-order valence-corrected chi connectivity index (χ0v) is 12.3. The van der Waals surface area contributed by atoms with Crippen LogP contribution in [0.2, 0.25) is 0 Å². The Balaban J connectivity index is 2.04. The van der Waals surface area contributed by atoms with Crippen LogP contribution >= 0.6 is 11.8 Å². The van der Waals surface area contributed by atoms with Crippen molar-refractivity contribution in [3.63, 3.8) is 0 Å². The third-order valence-electron chi connectivity index (χ3n) is 3.72. The van der Waals surface area contributed by atoms with E-state index in [0.717, 1.165) is 0 Å². The minimum absolute atomic E-state index is 0.166. The molecule has 2 amide bonds. The molecule has 3 atom stereocenters. The zero-order chi connectivity index (χ0) is 14.9. The number of likely N-dealkylation sites (tertiary alicyclic amines) is 1. The van der Waals surface area contributed by atoms with Crippen molar-refractivity contribution in [2.24, 2.45) is 5.92 Å². The molecule has 7 nitrogen and oxygen atoms in total. The van der Waals surface area contributed by atoms with Crippen LogP contribution in [0.3, 0.4) is 0 Å². The smallest absolute Gasteiger partial charge is 0.327 e. The first-order chi connectivity index (χ1) is 9.45. The van der Waals surface area contributed by atoms with Crippen LogP contribution in [0.4, 0.5) is 4.79 Å². The standard InChI is InChI=1S/C12H18N2O5S/c1-7-14(9(6-20-7)10(15)16)12(18)13-4-3-8(5-13)11(17)19-2/h7-9H,3-6H2,1-2H3,(H,15,16). The van der Waals surface area contributed by atoms with Crippen LogP contribution in [0, 0.1) is 5.92 Å². The van der Waals surface area contributed by atoms with Crippen LogP contribution in [-0.4, -0.2) is 70.2 Å². The van der Waals surface area contributed by atoms with Gasteiger partial charge in [0, 0.05) is 18.8 Å². The van der Waals surface area contributed by atoms with Gasteiger partial charge in [-0.1, -0.05) is 0 Å². The first kappa shape index (κ1) is 15.0. The maximum absolute atomic E-state index is 12.5. The molecule has 0 aromatic rings. The summed E-state index contributed by atoms with van der Waals surface area (Å²) in [4.78, 5) is 38.1. The average molecular weight is 302 g/mol. The molecule has 8 heteroatoms. The molecule has 2 heterocycles. The Morgan fingerprint density at radius 3 is 2.65 bits per heavy atom. The Hall–Kier alpha value is -1.44. The van der Waals surface area contributed by atoms with Crippen LogP contribution in [0.1, 0.15) is 13.3 Å². The maximum Gasteiger partial charge on any atom is 0.327 e. The van der Waals surface area contributed by atoms with Gasteiger partial charge in [0.25, 0.3) is 0 Å². The van der Waals surface area contributed by atoms with Crippen molar-refractivity contribution < 1.29 is 24.2 Å². The molecule has 2 fully saturated rings. The fraction of sp³-hybridized carbons (Fsp3) is 0.750. The number of carboxylic acids is 1. The molecular weight excluding hydrogens is 284 g/mol. The van der Waals surface area contributed by atoms with Crippen molar-refractivity contribution in [1.82, 2.24) is 9.80 Å².